The lowest BCUT2D eigenvalue weighted by molar-refractivity contribution is 0.182. The fraction of sp³-hybridized carbons (Fsp3) is 0.542. The Balaban J connectivity index is 1.32. The maximum Gasteiger partial charge on any atom is 0.348 e. The molecule has 0 radical (unpaired) electrons. The number of likely N-dealkylation sites (tertiary alicyclic amines) is 1. The van der Waals surface area contributed by atoms with Crippen LogP contribution in [-0.2, 0) is 0 Å². The van der Waals surface area contributed by atoms with Gasteiger partial charge in [-0.2, -0.15) is 4.68 Å². The highest BCUT2D eigenvalue weighted by atomic mass is 16.1. The van der Waals surface area contributed by atoms with Gasteiger partial charge in [0.15, 0.2) is 0 Å². The van der Waals surface area contributed by atoms with E-state index in [9.17, 15) is 4.79 Å². The fourth-order valence-corrected chi connectivity index (χ4v) is 5.30. The first-order chi connectivity index (χ1) is 14.8. The predicted octanol–water partition coefficient (Wildman–Crippen LogP) is 4.26. The van der Waals surface area contributed by atoms with Crippen LogP contribution in [0.15, 0.2) is 41.5 Å². The molecule has 30 heavy (non-hydrogen) atoms. The highest BCUT2D eigenvalue weighted by Gasteiger charge is 2.26. The maximum atomic E-state index is 12.8. The van der Waals surface area contributed by atoms with Gasteiger partial charge in [0.1, 0.15) is 5.82 Å². The van der Waals surface area contributed by atoms with Gasteiger partial charge in [-0.15, -0.1) is 5.10 Å². The van der Waals surface area contributed by atoms with Crippen LogP contribution in [0.25, 0.3) is 16.5 Å². The third kappa shape index (κ3) is 4.06. The molecule has 0 bridgehead atoms. The van der Waals surface area contributed by atoms with E-state index in [1.807, 2.05) is 30.5 Å². The normalized spacial score (nSPS) is 21.3. The second-order valence-corrected chi connectivity index (χ2v) is 9.03. The van der Waals surface area contributed by atoms with E-state index in [-0.39, 0.29) is 5.69 Å². The molecule has 1 saturated carbocycles. The minimum atomic E-state index is -0.159. The van der Waals surface area contributed by atoms with Crippen molar-refractivity contribution < 1.29 is 0 Å². The average Bonchev–Trinajstić information content (AvgIpc) is 3.19. The smallest absolute Gasteiger partial charge is 0.303 e. The molecule has 1 aliphatic heterocycles. The Kier molecular flexibility index (Phi) is 5.67. The van der Waals surface area contributed by atoms with Gasteiger partial charge in [0.05, 0.1) is 5.69 Å². The lowest BCUT2D eigenvalue weighted by Gasteiger charge is -2.33. The number of piperidine rings is 1. The van der Waals surface area contributed by atoms with Gasteiger partial charge in [-0.1, -0.05) is 44.2 Å². The molecule has 1 saturated heterocycles. The van der Waals surface area contributed by atoms with Crippen molar-refractivity contribution in [1.29, 1.82) is 0 Å². The topological polar surface area (TPSA) is 66.8 Å². The Bertz CT molecular complexity index is 1040. The number of hydrogen-bond acceptors (Lipinski definition) is 4. The number of aromatic nitrogens is 4. The van der Waals surface area contributed by atoms with E-state index in [4.69, 9.17) is 5.10 Å². The number of pyridine rings is 1. The Hall–Kier alpha value is -2.47. The zero-order chi connectivity index (χ0) is 20.3. The van der Waals surface area contributed by atoms with Crippen molar-refractivity contribution >= 4 is 10.8 Å². The summed E-state index contributed by atoms with van der Waals surface area (Å²) in [6.07, 6.45) is 14.2. The number of rotatable bonds is 5. The number of H-pyrrole nitrogens is 1. The summed E-state index contributed by atoms with van der Waals surface area (Å²) in [4.78, 5) is 22.6. The maximum absolute atomic E-state index is 12.8. The number of aromatic amines is 1. The van der Waals surface area contributed by atoms with E-state index in [0.717, 1.165) is 41.2 Å². The molecule has 2 fully saturated rings. The quantitative estimate of drug-likeness (QED) is 0.689. The largest absolute Gasteiger partial charge is 0.348 e. The first-order valence-corrected chi connectivity index (χ1v) is 11.5. The molecule has 1 N–H and O–H groups in total. The number of nitrogens with one attached hydrogen (secondary N) is 1. The lowest BCUT2D eigenvalue weighted by atomic mass is 9.86. The number of benzene rings is 1. The van der Waals surface area contributed by atoms with Crippen LogP contribution in [0.3, 0.4) is 0 Å². The number of fused-ring (bicyclic) bond motifs is 1. The molecule has 1 aliphatic carbocycles. The van der Waals surface area contributed by atoms with Gasteiger partial charge < -0.3 is 4.90 Å². The molecule has 6 heteroatoms. The Labute approximate surface area is 177 Å². The van der Waals surface area contributed by atoms with Crippen LogP contribution < -0.4 is 5.69 Å². The van der Waals surface area contributed by atoms with Gasteiger partial charge in [-0.25, -0.2) is 4.79 Å². The van der Waals surface area contributed by atoms with Gasteiger partial charge in [0.2, 0.25) is 0 Å². The summed E-state index contributed by atoms with van der Waals surface area (Å²) in [5.74, 6) is 2.04. The van der Waals surface area contributed by atoms with E-state index in [1.165, 1.54) is 62.7 Å². The zero-order valence-corrected chi connectivity index (χ0v) is 17.6. The van der Waals surface area contributed by atoms with Gasteiger partial charge >= 0.3 is 5.69 Å². The van der Waals surface area contributed by atoms with E-state index < -0.39 is 0 Å². The molecule has 1 unspecified atom stereocenters. The molecule has 6 nitrogen and oxygen atoms in total. The molecular formula is C24H31N5O. The number of nitrogens with zero attached hydrogens (tertiary/aromatic N) is 4. The van der Waals surface area contributed by atoms with Gasteiger partial charge in [0.25, 0.3) is 0 Å². The summed E-state index contributed by atoms with van der Waals surface area (Å²) in [5, 5.41) is 6.74. The minimum Gasteiger partial charge on any atom is -0.303 e. The van der Waals surface area contributed by atoms with Crippen LogP contribution in [0.4, 0.5) is 0 Å². The van der Waals surface area contributed by atoms with Crippen molar-refractivity contribution in [3.8, 4) is 5.69 Å². The van der Waals surface area contributed by atoms with Crippen LogP contribution >= 0.6 is 0 Å². The summed E-state index contributed by atoms with van der Waals surface area (Å²) in [7, 11) is 0. The Morgan fingerprint density at radius 2 is 1.97 bits per heavy atom. The molecule has 0 spiro atoms. The number of hydrogen-bond donors (Lipinski definition) is 1. The molecule has 2 aromatic heterocycles. The summed E-state index contributed by atoms with van der Waals surface area (Å²) in [5.41, 5.74) is 0.654. The van der Waals surface area contributed by atoms with Crippen molar-refractivity contribution in [2.75, 3.05) is 19.6 Å². The molecule has 5 rings (SSSR count). The first-order valence-electron chi connectivity index (χ1n) is 11.5. The van der Waals surface area contributed by atoms with Gasteiger partial charge in [-0.3, -0.25) is 9.97 Å². The molecule has 1 aromatic carbocycles. The van der Waals surface area contributed by atoms with E-state index >= 15 is 0 Å². The van der Waals surface area contributed by atoms with Crippen LogP contribution in [0, 0.1) is 5.92 Å². The van der Waals surface area contributed by atoms with Crippen molar-refractivity contribution in [2.45, 2.75) is 57.3 Å². The first kappa shape index (κ1) is 19.5. The van der Waals surface area contributed by atoms with Crippen molar-refractivity contribution in [3.05, 3.63) is 53.0 Å². The molecule has 158 valence electrons. The monoisotopic (exact) mass is 405 g/mol. The SMILES string of the molecule is O=c1[nH]c(C2CCCN(CCC3CCCCC3)C2)nn1-c1cccc2cnccc12. The van der Waals surface area contributed by atoms with Gasteiger partial charge in [-0.05, 0) is 50.4 Å². The Morgan fingerprint density at radius 1 is 1.07 bits per heavy atom. The second kappa shape index (κ2) is 8.72. The molecule has 0 amide bonds. The van der Waals surface area contributed by atoms with E-state index in [0.29, 0.717) is 5.92 Å². The average molecular weight is 406 g/mol. The van der Waals surface area contributed by atoms with Gasteiger partial charge in [0, 0.05) is 35.6 Å². The van der Waals surface area contributed by atoms with Crippen LogP contribution in [0.5, 0.6) is 0 Å². The van der Waals surface area contributed by atoms with Crippen molar-refractivity contribution in [2.24, 2.45) is 5.92 Å². The lowest BCUT2D eigenvalue weighted by Crippen LogP contribution is -2.36. The zero-order valence-electron chi connectivity index (χ0n) is 17.6. The molecule has 3 aromatic rings. The minimum absolute atomic E-state index is 0.159. The summed E-state index contributed by atoms with van der Waals surface area (Å²) < 4.78 is 1.53. The molecule has 1 atom stereocenters. The second-order valence-electron chi connectivity index (χ2n) is 9.03. The molecular weight excluding hydrogens is 374 g/mol. The molecule has 2 aliphatic rings. The summed E-state index contributed by atoms with van der Waals surface area (Å²) in [6, 6.07) is 7.86. The van der Waals surface area contributed by atoms with Crippen molar-refractivity contribution in [3.63, 3.8) is 0 Å². The van der Waals surface area contributed by atoms with Crippen LogP contribution in [-0.4, -0.2) is 44.3 Å². The van der Waals surface area contributed by atoms with Crippen molar-refractivity contribution in [1.82, 2.24) is 24.6 Å². The fourth-order valence-electron chi connectivity index (χ4n) is 5.30. The van der Waals surface area contributed by atoms with Crippen LogP contribution in [0.1, 0.15) is 63.1 Å². The summed E-state index contributed by atoms with van der Waals surface area (Å²) in [6.45, 7) is 3.35. The third-order valence-corrected chi connectivity index (χ3v) is 6.99. The predicted molar refractivity (Wildman–Crippen MR) is 119 cm³/mol. The van der Waals surface area contributed by atoms with Crippen LogP contribution in [0.2, 0.25) is 0 Å². The highest BCUT2D eigenvalue weighted by Crippen LogP contribution is 2.29. The highest BCUT2D eigenvalue weighted by molar-refractivity contribution is 5.89. The molecule has 3 heterocycles. The third-order valence-electron chi connectivity index (χ3n) is 6.99. The van der Waals surface area contributed by atoms with E-state index in [2.05, 4.69) is 14.9 Å². The summed E-state index contributed by atoms with van der Waals surface area (Å²) >= 11 is 0. The Morgan fingerprint density at radius 3 is 2.87 bits per heavy atom. The van der Waals surface area contributed by atoms with E-state index in [1.54, 1.807) is 6.20 Å². The standard InChI is InChI=1S/C24H31N5O/c30-24-26-23(27-29(24)22-10-4-8-19-16-25-13-11-21(19)22)20-9-5-14-28(17-20)15-12-18-6-2-1-3-7-18/h4,8,10-11,13,16,18,20H,1-3,5-7,9,12,14-15,17H2,(H,26,27,30).